The topological polar surface area (TPSA) is 64.9 Å². The van der Waals surface area contributed by atoms with Gasteiger partial charge in [0.05, 0.1) is 0 Å². The predicted molar refractivity (Wildman–Crippen MR) is 83.4 cm³/mol. The van der Waals surface area contributed by atoms with Gasteiger partial charge in [-0.05, 0) is 42.0 Å². The third-order valence-electron chi connectivity index (χ3n) is 2.99. The van der Waals surface area contributed by atoms with Crippen molar-refractivity contribution in [3.05, 3.63) is 63.9 Å². The number of anilines is 1. The second kappa shape index (κ2) is 5.76. The van der Waals surface area contributed by atoms with Gasteiger partial charge in [-0.15, -0.1) is 0 Å². The predicted octanol–water partition coefficient (Wildman–Crippen LogP) is 4.22. The molecular formula is C15H11Cl2N3O. The summed E-state index contributed by atoms with van der Waals surface area (Å²) in [6, 6.07) is 12.6. The van der Waals surface area contributed by atoms with Crippen LogP contribution in [0.25, 0.3) is 11.5 Å². The van der Waals surface area contributed by atoms with Gasteiger partial charge in [0.2, 0.25) is 0 Å². The van der Waals surface area contributed by atoms with E-state index in [0.29, 0.717) is 33.9 Å². The van der Waals surface area contributed by atoms with E-state index >= 15 is 0 Å². The highest BCUT2D eigenvalue weighted by atomic mass is 35.5. The van der Waals surface area contributed by atoms with Crippen molar-refractivity contribution in [2.45, 2.75) is 6.42 Å². The van der Waals surface area contributed by atoms with Crippen LogP contribution in [0.1, 0.15) is 11.4 Å². The van der Waals surface area contributed by atoms with Crippen molar-refractivity contribution in [2.24, 2.45) is 0 Å². The molecule has 2 N–H and O–H groups in total. The number of hydrogen-bond acceptors (Lipinski definition) is 4. The monoisotopic (exact) mass is 319 g/mol. The zero-order valence-corrected chi connectivity index (χ0v) is 12.4. The van der Waals surface area contributed by atoms with Crippen LogP contribution >= 0.6 is 23.2 Å². The number of benzene rings is 2. The minimum absolute atomic E-state index is 0.454. The first-order valence-electron chi connectivity index (χ1n) is 6.24. The summed E-state index contributed by atoms with van der Waals surface area (Å²) in [4.78, 5) is 4.36. The lowest BCUT2D eigenvalue weighted by Gasteiger charge is -2.00. The maximum atomic E-state index is 6.14. The Morgan fingerprint density at radius 3 is 2.52 bits per heavy atom. The van der Waals surface area contributed by atoms with E-state index in [0.717, 1.165) is 11.1 Å². The summed E-state index contributed by atoms with van der Waals surface area (Å²) < 4.78 is 5.26. The molecular weight excluding hydrogens is 309 g/mol. The first-order chi connectivity index (χ1) is 10.1. The Hall–Kier alpha value is -2.04. The number of nitrogens with zero attached hydrogens (tertiary/aromatic N) is 2. The van der Waals surface area contributed by atoms with Crippen molar-refractivity contribution >= 4 is 28.9 Å². The summed E-state index contributed by atoms with van der Waals surface area (Å²) in [6.07, 6.45) is 0.481. The summed E-state index contributed by atoms with van der Waals surface area (Å²) in [7, 11) is 0. The number of nitrogens with two attached hydrogens (primary N) is 1. The van der Waals surface area contributed by atoms with Gasteiger partial charge >= 0.3 is 0 Å². The molecule has 4 nitrogen and oxygen atoms in total. The molecule has 0 bridgehead atoms. The summed E-state index contributed by atoms with van der Waals surface area (Å²) in [5, 5.41) is 5.15. The van der Waals surface area contributed by atoms with E-state index < -0.39 is 0 Å². The van der Waals surface area contributed by atoms with Crippen molar-refractivity contribution in [2.75, 3.05) is 5.73 Å². The summed E-state index contributed by atoms with van der Waals surface area (Å²) in [6.45, 7) is 0. The molecule has 0 saturated heterocycles. The lowest BCUT2D eigenvalue weighted by Crippen LogP contribution is -1.92. The Balaban J connectivity index is 1.83. The highest BCUT2D eigenvalue weighted by Gasteiger charge is 2.11. The van der Waals surface area contributed by atoms with E-state index in [1.54, 1.807) is 24.3 Å². The second-order valence-electron chi connectivity index (χ2n) is 4.55. The van der Waals surface area contributed by atoms with E-state index in [4.69, 9.17) is 33.5 Å². The van der Waals surface area contributed by atoms with Gasteiger partial charge in [-0.25, -0.2) is 0 Å². The fourth-order valence-corrected chi connectivity index (χ4v) is 2.38. The zero-order chi connectivity index (χ0) is 14.8. The van der Waals surface area contributed by atoms with Gasteiger partial charge < -0.3 is 10.3 Å². The standard InChI is InChI=1S/C15H11Cl2N3O/c16-11-4-1-10(13(17)8-11)7-14-19-15(21-20-14)9-2-5-12(18)6-3-9/h1-6,8H,7,18H2. The molecule has 0 fully saturated rings. The Kier molecular flexibility index (Phi) is 3.82. The molecule has 3 aromatic rings. The lowest BCUT2D eigenvalue weighted by molar-refractivity contribution is 0.424. The molecule has 106 valence electrons. The first-order valence-corrected chi connectivity index (χ1v) is 7.00. The van der Waals surface area contributed by atoms with Crippen LogP contribution in [-0.2, 0) is 6.42 Å². The van der Waals surface area contributed by atoms with Gasteiger partial charge in [-0.2, -0.15) is 4.98 Å². The van der Waals surface area contributed by atoms with Crippen molar-refractivity contribution in [1.29, 1.82) is 0 Å². The van der Waals surface area contributed by atoms with E-state index in [2.05, 4.69) is 10.1 Å². The summed E-state index contributed by atoms with van der Waals surface area (Å²) >= 11 is 12.0. The van der Waals surface area contributed by atoms with Crippen LogP contribution in [0.3, 0.4) is 0 Å². The van der Waals surface area contributed by atoms with Crippen LogP contribution in [0.15, 0.2) is 47.0 Å². The molecule has 0 unspecified atom stereocenters. The molecule has 0 aliphatic rings. The van der Waals surface area contributed by atoms with Crippen LogP contribution in [0.4, 0.5) is 5.69 Å². The third kappa shape index (κ3) is 3.17. The second-order valence-corrected chi connectivity index (χ2v) is 5.39. The molecule has 0 saturated carbocycles. The Labute approximate surface area is 131 Å². The minimum atomic E-state index is 0.454. The third-order valence-corrected chi connectivity index (χ3v) is 3.58. The molecule has 6 heteroatoms. The molecule has 0 spiro atoms. The van der Waals surface area contributed by atoms with Crippen molar-refractivity contribution < 1.29 is 4.52 Å². The maximum Gasteiger partial charge on any atom is 0.257 e. The molecule has 2 aromatic carbocycles. The molecule has 0 aliphatic heterocycles. The molecule has 21 heavy (non-hydrogen) atoms. The molecule has 0 radical (unpaired) electrons. The molecule has 0 aliphatic carbocycles. The van der Waals surface area contributed by atoms with Crippen molar-refractivity contribution in [1.82, 2.24) is 10.1 Å². The fourth-order valence-electron chi connectivity index (χ4n) is 1.90. The van der Waals surface area contributed by atoms with Crippen LogP contribution in [0, 0.1) is 0 Å². The average molecular weight is 320 g/mol. The average Bonchev–Trinajstić information content (AvgIpc) is 2.91. The smallest absolute Gasteiger partial charge is 0.257 e. The molecule has 1 aromatic heterocycles. The molecule has 1 heterocycles. The minimum Gasteiger partial charge on any atom is -0.399 e. The van der Waals surface area contributed by atoms with E-state index in [1.165, 1.54) is 0 Å². The summed E-state index contributed by atoms with van der Waals surface area (Å²) in [5.74, 6) is 1.01. The van der Waals surface area contributed by atoms with E-state index in [1.807, 2.05) is 18.2 Å². The first kappa shape index (κ1) is 13.9. The largest absolute Gasteiger partial charge is 0.399 e. The van der Waals surface area contributed by atoms with Crippen LogP contribution in [0.2, 0.25) is 10.0 Å². The molecule has 3 rings (SSSR count). The van der Waals surface area contributed by atoms with Gasteiger partial charge in [0.25, 0.3) is 5.89 Å². The molecule has 0 amide bonds. The lowest BCUT2D eigenvalue weighted by atomic mass is 10.1. The van der Waals surface area contributed by atoms with Gasteiger partial charge in [0.1, 0.15) is 0 Å². The number of nitrogen functional groups attached to an aromatic ring is 1. The number of hydrogen-bond donors (Lipinski definition) is 1. The summed E-state index contributed by atoms with van der Waals surface area (Å²) in [5.41, 5.74) is 8.05. The number of halogens is 2. The Morgan fingerprint density at radius 1 is 1.05 bits per heavy atom. The number of rotatable bonds is 3. The van der Waals surface area contributed by atoms with E-state index in [-0.39, 0.29) is 0 Å². The fraction of sp³-hybridized carbons (Fsp3) is 0.0667. The van der Waals surface area contributed by atoms with Crippen LogP contribution in [-0.4, -0.2) is 10.1 Å². The quantitative estimate of drug-likeness (QED) is 0.734. The molecule has 0 atom stereocenters. The Morgan fingerprint density at radius 2 is 1.81 bits per heavy atom. The number of aromatic nitrogens is 2. The van der Waals surface area contributed by atoms with Crippen LogP contribution < -0.4 is 5.73 Å². The van der Waals surface area contributed by atoms with Gasteiger partial charge in [0.15, 0.2) is 5.82 Å². The van der Waals surface area contributed by atoms with Gasteiger partial charge in [0, 0.05) is 27.7 Å². The highest BCUT2D eigenvalue weighted by Crippen LogP contribution is 2.24. The highest BCUT2D eigenvalue weighted by molar-refractivity contribution is 6.35. The van der Waals surface area contributed by atoms with Gasteiger partial charge in [-0.3, -0.25) is 0 Å². The SMILES string of the molecule is Nc1ccc(-c2nc(Cc3ccc(Cl)cc3Cl)no2)cc1. The van der Waals surface area contributed by atoms with Crippen LogP contribution in [0.5, 0.6) is 0 Å². The van der Waals surface area contributed by atoms with E-state index in [9.17, 15) is 0 Å². The van der Waals surface area contributed by atoms with Crippen molar-refractivity contribution in [3.63, 3.8) is 0 Å². The van der Waals surface area contributed by atoms with Gasteiger partial charge in [-0.1, -0.05) is 34.4 Å². The Bertz CT molecular complexity index is 769. The maximum absolute atomic E-state index is 6.14. The normalized spacial score (nSPS) is 10.8. The van der Waals surface area contributed by atoms with Crippen molar-refractivity contribution in [3.8, 4) is 11.5 Å². The zero-order valence-electron chi connectivity index (χ0n) is 10.9.